The van der Waals surface area contributed by atoms with Crippen LogP contribution in [0.4, 0.5) is 0 Å². The summed E-state index contributed by atoms with van der Waals surface area (Å²) in [5.41, 5.74) is -3.82. The van der Waals surface area contributed by atoms with Crippen LogP contribution in [0.15, 0.2) is 0 Å². The van der Waals surface area contributed by atoms with Crippen molar-refractivity contribution in [1.29, 1.82) is 0 Å². The lowest BCUT2D eigenvalue weighted by Gasteiger charge is -2.35. The van der Waals surface area contributed by atoms with Crippen LogP contribution < -0.4 is 0 Å². The number of carboxylic acids is 4. The Balaban J connectivity index is 2.28. The van der Waals surface area contributed by atoms with E-state index in [0.29, 0.717) is 0 Å². The van der Waals surface area contributed by atoms with E-state index < -0.39 is 46.9 Å². The average Bonchev–Trinajstić information content (AvgIpc) is 3.05. The van der Waals surface area contributed by atoms with E-state index in [1.807, 2.05) is 0 Å². The number of carboxylic acid groups (broad SMARTS) is 4. The summed E-state index contributed by atoms with van der Waals surface area (Å²) in [6, 6.07) is 0. The SMILES string of the molecule is O=C(O)C1CCC(OC2(C(=O)O)CCC(C(=O)O)C2)(C(=O)O)C1. The van der Waals surface area contributed by atoms with E-state index in [0.717, 1.165) is 0 Å². The summed E-state index contributed by atoms with van der Waals surface area (Å²) >= 11 is 0. The molecule has 2 aliphatic rings. The van der Waals surface area contributed by atoms with Gasteiger partial charge in [0.05, 0.1) is 11.8 Å². The van der Waals surface area contributed by atoms with Crippen molar-refractivity contribution in [1.82, 2.24) is 0 Å². The molecule has 23 heavy (non-hydrogen) atoms. The largest absolute Gasteiger partial charge is 0.481 e. The van der Waals surface area contributed by atoms with Crippen LogP contribution in [0.2, 0.25) is 0 Å². The molecule has 0 bridgehead atoms. The van der Waals surface area contributed by atoms with Crippen LogP contribution in [0.3, 0.4) is 0 Å². The summed E-state index contributed by atoms with van der Waals surface area (Å²) in [6.45, 7) is 0. The molecule has 0 aromatic rings. The summed E-state index contributed by atoms with van der Waals surface area (Å²) < 4.78 is 5.51. The zero-order valence-electron chi connectivity index (χ0n) is 12.2. The third kappa shape index (κ3) is 3.00. The highest BCUT2D eigenvalue weighted by Crippen LogP contribution is 2.46. The third-order valence-corrected chi connectivity index (χ3v) is 4.81. The molecule has 4 unspecified atom stereocenters. The summed E-state index contributed by atoms with van der Waals surface area (Å²) in [5, 5.41) is 37.0. The zero-order valence-corrected chi connectivity index (χ0v) is 12.2. The van der Waals surface area contributed by atoms with Crippen molar-refractivity contribution >= 4 is 23.9 Å². The lowest BCUT2D eigenvalue weighted by atomic mass is 9.94. The van der Waals surface area contributed by atoms with E-state index in [2.05, 4.69) is 0 Å². The Morgan fingerprint density at radius 2 is 1.09 bits per heavy atom. The van der Waals surface area contributed by atoms with Crippen LogP contribution in [0, 0.1) is 11.8 Å². The Hall–Kier alpha value is -2.16. The highest BCUT2D eigenvalue weighted by atomic mass is 16.6. The van der Waals surface area contributed by atoms with Crippen LogP contribution in [-0.2, 0) is 23.9 Å². The van der Waals surface area contributed by atoms with Crippen molar-refractivity contribution in [3.05, 3.63) is 0 Å². The second kappa shape index (κ2) is 5.80. The fourth-order valence-corrected chi connectivity index (χ4v) is 3.48. The van der Waals surface area contributed by atoms with Gasteiger partial charge in [0.1, 0.15) is 0 Å². The number of aliphatic carboxylic acids is 4. The molecular weight excluding hydrogens is 312 g/mol. The van der Waals surface area contributed by atoms with Crippen molar-refractivity contribution in [2.24, 2.45) is 11.8 Å². The topological polar surface area (TPSA) is 158 Å². The first-order valence-corrected chi connectivity index (χ1v) is 7.24. The number of rotatable bonds is 6. The predicted molar refractivity (Wildman–Crippen MR) is 71.8 cm³/mol. The highest BCUT2D eigenvalue weighted by molar-refractivity contribution is 5.84. The minimum Gasteiger partial charge on any atom is -0.481 e. The third-order valence-electron chi connectivity index (χ3n) is 4.81. The first-order valence-electron chi connectivity index (χ1n) is 7.24. The maximum Gasteiger partial charge on any atom is 0.336 e. The molecule has 0 aromatic carbocycles. The normalized spacial score (nSPS) is 36.7. The molecule has 4 atom stereocenters. The second-order valence-electron chi connectivity index (χ2n) is 6.26. The number of carbonyl (C=O) groups is 4. The van der Waals surface area contributed by atoms with E-state index in [-0.39, 0.29) is 38.5 Å². The number of ether oxygens (including phenoxy) is 1. The Morgan fingerprint density at radius 3 is 1.30 bits per heavy atom. The average molecular weight is 330 g/mol. The zero-order chi connectivity index (χ0) is 17.4. The number of hydrogen-bond donors (Lipinski definition) is 4. The van der Waals surface area contributed by atoms with Gasteiger partial charge in [0.2, 0.25) is 0 Å². The summed E-state index contributed by atoms with van der Waals surface area (Å²) in [4.78, 5) is 45.4. The highest BCUT2D eigenvalue weighted by Gasteiger charge is 2.58. The molecule has 0 aromatic heterocycles. The monoisotopic (exact) mass is 330 g/mol. The second-order valence-corrected chi connectivity index (χ2v) is 6.26. The lowest BCUT2D eigenvalue weighted by molar-refractivity contribution is -0.204. The Labute approximate surface area is 130 Å². The van der Waals surface area contributed by atoms with E-state index in [4.69, 9.17) is 14.9 Å². The van der Waals surface area contributed by atoms with E-state index in [9.17, 15) is 29.4 Å². The molecule has 2 fully saturated rings. The fraction of sp³-hybridized carbons (Fsp3) is 0.714. The standard InChI is InChI=1S/C14H18O9/c15-9(16)7-1-3-13(5-7,11(19)20)23-14(12(21)22)4-2-8(6-14)10(17)18/h7-8H,1-6H2,(H,15,16)(H,17,18)(H,19,20)(H,21,22). The van der Waals surface area contributed by atoms with Gasteiger partial charge in [-0.1, -0.05) is 0 Å². The smallest absolute Gasteiger partial charge is 0.336 e. The lowest BCUT2D eigenvalue weighted by Crippen LogP contribution is -2.51. The van der Waals surface area contributed by atoms with E-state index in [1.54, 1.807) is 0 Å². The first kappa shape index (κ1) is 17.2. The van der Waals surface area contributed by atoms with Crippen molar-refractivity contribution in [3.63, 3.8) is 0 Å². The van der Waals surface area contributed by atoms with E-state index >= 15 is 0 Å². The van der Waals surface area contributed by atoms with Crippen molar-refractivity contribution < 1.29 is 44.3 Å². The van der Waals surface area contributed by atoms with Gasteiger partial charge in [0.25, 0.3) is 0 Å². The molecule has 0 heterocycles. The van der Waals surface area contributed by atoms with E-state index in [1.165, 1.54) is 0 Å². The van der Waals surface area contributed by atoms with Crippen LogP contribution >= 0.6 is 0 Å². The Kier molecular flexibility index (Phi) is 4.34. The molecule has 128 valence electrons. The van der Waals surface area contributed by atoms with Crippen LogP contribution in [0.25, 0.3) is 0 Å². The fourth-order valence-electron chi connectivity index (χ4n) is 3.48. The van der Waals surface area contributed by atoms with Gasteiger partial charge in [-0.2, -0.15) is 0 Å². The summed E-state index contributed by atoms with van der Waals surface area (Å²) in [6.07, 6.45) is -0.758. The molecule has 2 saturated carbocycles. The van der Waals surface area contributed by atoms with Gasteiger partial charge in [-0.05, 0) is 25.7 Å². The molecule has 0 aliphatic heterocycles. The van der Waals surface area contributed by atoms with Crippen molar-refractivity contribution in [2.45, 2.75) is 49.7 Å². The summed E-state index contributed by atoms with van der Waals surface area (Å²) in [5.74, 6) is -6.99. The molecule has 2 aliphatic carbocycles. The minimum absolute atomic E-state index is 0.0691. The van der Waals surface area contributed by atoms with Crippen molar-refractivity contribution in [2.75, 3.05) is 0 Å². The van der Waals surface area contributed by atoms with Crippen LogP contribution in [-0.4, -0.2) is 55.5 Å². The van der Waals surface area contributed by atoms with Gasteiger partial charge in [-0.15, -0.1) is 0 Å². The van der Waals surface area contributed by atoms with Crippen molar-refractivity contribution in [3.8, 4) is 0 Å². The summed E-state index contributed by atoms with van der Waals surface area (Å²) in [7, 11) is 0. The molecule has 9 nitrogen and oxygen atoms in total. The van der Waals surface area contributed by atoms with Gasteiger partial charge in [0, 0.05) is 12.8 Å². The quantitative estimate of drug-likeness (QED) is 0.541. The van der Waals surface area contributed by atoms with Gasteiger partial charge in [0.15, 0.2) is 11.2 Å². The molecule has 0 spiro atoms. The first-order chi connectivity index (χ1) is 10.6. The van der Waals surface area contributed by atoms with Gasteiger partial charge in [-0.3, -0.25) is 9.59 Å². The van der Waals surface area contributed by atoms with Gasteiger partial charge in [-0.25, -0.2) is 9.59 Å². The molecular formula is C14H18O9. The molecule has 4 N–H and O–H groups in total. The Bertz CT molecular complexity index is 508. The maximum absolute atomic E-state index is 11.6. The minimum atomic E-state index is -1.91. The van der Waals surface area contributed by atoms with Crippen LogP contribution in [0.5, 0.6) is 0 Å². The maximum atomic E-state index is 11.6. The van der Waals surface area contributed by atoms with Crippen LogP contribution in [0.1, 0.15) is 38.5 Å². The molecule has 0 saturated heterocycles. The molecule has 2 rings (SSSR count). The van der Waals surface area contributed by atoms with Gasteiger partial charge >= 0.3 is 23.9 Å². The Morgan fingerprint density at radius 1 is 0.739 bits per heavy atom. The molecule has 0 radical (unpaired) electrons. The molecule has 9 heteroatoms. The number of hydrogen-bond acceptors (Lipinski definition) is 5. The molecule has 0 amide bonds. The van der Waals surface area contributed by atoms with Gasteiger partial charge < -0.3 is 25.2 Å². The predicted octanol–water partition coefficient (Wildman–Crippen LogP) is 0.419.